The van der Waals surface area contributed by atoms with Gasteiger partial charge >= 0.3 is 0 Å². The van der Waals surface area contributed by atoms with Gasteiger partial charge in [0.2, 0.25) is 0 Å². The Hall–Kier alpha value is -1.68. The van der Waals surface area contributed by atoms with E-state index in [-0.39, 0.29) is 23.5 Å². The van der Waals surface area contributed by atoms with Crippen molar-refractivity contribution in [3.63, 3.8) is 0 Å². The van der Waals surface area contributed by atoms with Gasteiger partial charge in [-0.1, -0.05) is 18.0 Å². The highest BCUT2D eigenvalue weighted by Crippen LogP contribution is 2.56. The van der Waals surface area contributed by atoms with Gasteiger partial charge in [-0.2, -0.15) is 0 Å². The van der Waals surface area contributed by atoms with Crippen molar-refractivity contribution in [1.29, 1.82) is 0 Å². The van der Waals surface area contributed by atoms with Crippen LogP contribution in [0.15, 0.2) is 29.5 Å². The second-order valence-corrected chi connectivity index (χ2v) is 6.89. The molecule has 4 nitrogen and oxygen atoms in total. The summed E-state index contributed by atoms with van der Waals surface area (Å²) in [6.45, 7) is 1.57. The van der Waals surface area contributed by atoms with Crippen molar-refractivity contribution in [2.24, 2.45) is 5.92 Å². The van der Waals surface area contributed by atoms with E-state index in [4.69, 9.17) is 16.3 Å². The van der Waals surface area contributed by atoms with Gasteiger partial charge in [-0.25, -0.2) is 0 Å². The summed E-state index contributed by atoms with van der Waals surface area (Å²) in [6, 6.07) is 5.52. The first-order valence-electron chi connectivity index (χ1n) is 7.72. The minimum absolute atomic E-state index is 0.0782. The number of amides is 1. The molecule has 1 aliphatic carbocycles. The third-order valence-corrected chi connectivity index (χ3v) is 5.42. The Kier molecular flexibility index (Phi) is 2.95. The molecule has 0 aromatic heterocycles. The second kappa shape index (κ2) is 4.66. The number of ether oxygens (including phenoxy) is 1. The van der Waals surface area contributed by atoms with Crippen LogP contribution in [-0.2, 0) is 4.79 Å². The summed E-state index contributed by atoms with van der Waals surface area (Å²) in [6.07, 6.45) is 3.91. The first-order chi connectivity index (χ1) is 10.5. The fraction of sp³-hybridized carbons (Fsp3) is 0.471. The number of allylic oxidation sites excluding steroid dienone is 1. The number of benzene rings is 1. The predicted molar refractivity (Wildman–Crippen MR) is 83.0 cm³/mol. The van der Waals surface area contributed by atoms with Crippen molar-refractivity contribution in [2.75, 3.05) is 0 Å². The number of fused-ring (bicyclic) bond motifs is 2. The fourth-order valence-electron chi connectivity index (χ4n) is 4.33. The maximum Gasteiger partial charge on any atom is 0.254 e. The standard InChI is InChI=1S/C17H18ClNO3/c1-9(20)14-15-11-8-10(18)5-6-13(11)22-17(19-16(14)21)7-3-2-4-12(15)17/h5-6,8,12,15,20H,2-4,7H2,1H3,(H,19,21)/b14-9-/t12-,15+,17+/m1/s1. The first-order valence-corrected chi connectivity index (χ1v) is 8.10. The normalized spacial score (nSPS) is 34.9. The highest BCUT2D eigenvalue weighted by Gasteiger charge is 2.57. The van der Waals surface area contributed by atoms with Gasteiger partial charge in [0.25, 0.3) is 5.91 Å². The third-order valence-electron chi connectivity index (χ3n) is 5.18. The fourth-order valence-corrected chi connectivity index (χ4v) is 4.51. The van der Waals surface area contributed by atoms with Crippen LogP contribution in [0.1, 0.15) is 44.1 Å². The molecule has 2 bridgehead atoms. The number of rotatable bonds is 0. The van der Waals surface area contributed by atoms with Gasteiger partial charge in [-0.3, -0.25) is 4.79 Å². The summed E-state index contributed by atoms with van der Waals surface area (Å²) in [4.78, 5) is 12.6. The van der Waals surface area contributed by atoms with Crippen LogP contribution in [0.25, 0.3) is 0 Å². The lowest BCUT2D eigenvalue weighted by Gasteiger charge is -2.54. The van der Waals surface area contributed by atoms with Crippen LogP contribution >= 0.6 is 11.6 Å². The summed E-state index contributed by atoms with van der Waals surface area (Å²) in [5, 5.41) is 13.7. The predicted octanol–water partition coefficient (Wildman–Crippen LogP) is 3.66. The second-order valence-electron chi connectivity index (χ2n) is 6.46. The third kappa shape index (κ3) is 1.80. The van der Waals surface area contributed by atoms with Crippen molar-refractivity contribution < 1.29 is 14.6 Å². The Morgan fingerprint density at radius 3 is 3.05 bits per heavy atom. The number of aliphatic hydroxyl groups excluding tert-OH is 1. The Morgan fingerprint density at radius 1 is 1.45 bits per heavy atom. The molecule has 2 heterocycles. The molecule has 0 radical (unpaired) electrons. The summed E-state index contributed by atoms with van der Waals surface area (Å²) >= 11 is 6.16. The highest BCUT2D eigenvalue weighted by molar-refractivity contribution is 6.30. The van der Waals surface area contributed by atoms with Crippen LogP contribution in [0.5, 0.6) is 5.75 Å². The van der Waals surface area contributed by atoms with Crippen molar-refractivity contribution in [3.8, 4) is 5.75 Å². The van der Waals surface area contributed by atoms with E-state index in [2.05, 4.69) is 5.32 Å². The quantitative estimate of drug-likeness (QED) is 0.566. The van der Waals surface area contributed by atoms with Gasteiger partial charge in [0.05, 0.1) is 11.3 Å². The SMILES string of the molecule is C/C(O)=C1/C(=O)N[C@]23CCCC[C@@H]2[C@@H]1c1cc(Cl)ccc1O3. The lowest BCUT2D eigenvalue weighted by molar-refractivity contribution is -0.140. The average Bonchev–Trinajstić information content (AvgIpc) is 2.46. The van der Waals surface area contributed by atoms with Crippen LogP contribution in [0.3, 0.4) is 0 Å². The maximum absolute atomic E-state index is 12.6. The summed E-state index contributed by atoms with van der Waals surface area (Å²) < 4.78 is 6.25. The number of carbonyl (C=O) groups is 1. The molecule has 1 amide bonds. The molecule has 3 atom stereocenters. The number of hydrogen-bond acceptors (Lipinski definition) is 3. The highest BCUT2D eigenvalue weighted by atomic mass is 35.5. The Morgan fingerprint density at radius 2 is 2.27 bits per heavy atom. The van der Waals surface area contributed by atoms with Gasteiger partial charge in [-0.05, 0) is 38.0 Å². The van der Waals surface area contributed by atoms with E-state index < -0.39 is 5.72 Å². The number of carbonyl (C=O) groups excluding carboxylic acids is 1. The van der Waals surface area contributed by atoms with Gasteiger partial charge in [0.1, 0.15) is 5.75 Å². The molecular formula is C17H18ClNO3. The topological polar surface area (TPSA) is 58.6 Å². The minimum Gasteiger partial charge on any atom is -0.512 e. The zero-order valence-electron chi connectivity index (χ0n) is 12.4. The van der Waals surface area contributed by atoms with E-state index in [1.807, 2.05) is 12.1 Å². The zero-order chi connectivity index (χ0) is 15.5. The number of halogens is 1. The summed E-state index contributed by atoms with van der Waals surface area (Å²) in [7, 11) is 0. The Balaban J connectivity index is 1.97. The number of hydrogen-bond donors (Lipinski definition) is 2. The average molecular weight is 320 g/mol. The van der Waals surface area contributed by atoms with Crippen molar-refractivity contribution in [2.45, 2.75) is 44.2 Å². The maximum atomic E-state index is 12.6. The van der Waals surface area contributed by atoms with Gasteiger partial charge < -0.3 is 15.2 Å². The molecule has 22 heavy (non-hydrogen) atoms. The van der Waals surface area contributed by atoms with Crippen LogP contribution < -0.4 is 10.1 Å². The molecule has 2 N–H and O–H groups in total. The zero-order valence-corrected chi connectivity index (χ0v) is 13.1. The van der Waals surface area contributed by atoms with Crippen LogP contribution in [0.2, 0.25) is 5.02 Å². The van der Waals surface area contributed by atoms with E-state index >= 15 is 0 Å². The Labute approximate surface area is 134 Å². The van der Waals surface area contributed by atoms with Crippen molar-refractivity contribution >= 4 is 17.5 Å². The lowest BCUT2D eigenvalue weighted by atomic mass is 9.64. The molecule has 1 aromatic carbocycles. The molecule has 4 rings (SSSR count). The molecule has 3 aliphatic rings. The molecule has 0 unspecified atom stereocenters. The molecule has 116 valence electrons. The van der Waals surface area contributed by atoms with E-state index in [1.165, 1.54) is 0 Å². The lowest BCUT2D eigenvalue weighted by Crippen LogP contribution is -2.66. The largest absolute Gasteiger partial charge is 0.512 e. The summed E-state index contributed by atoms with van der Waals surface area (Å²) in [5.41, 5.74) is 0.724. The smallest absolute Gasteiger partial charge is 0.254 e. The van der Waals surface area contributed by atoms with E-state index in [0.717, 1.165) is 37.0 Å². The molecule has 5 heteroatoms. The molecule has 1 saturated heterocycles. The molecular weight excluding hydrogens is 302 g/mol. The molecule has 2 fully saturated rings. The number of nitrogens with one attached hydrogen (secondary N) is 1. The Bertz CT molecular complexity index is 695. The van der Waals surface area contributed by atoms with E-state index in [1.54, 1.807) is 13.0 Å². The number of aliphatic hydroxyl groups is 1. The molecule has 2 aliphatic heterocycles. The van der Waals surface area contributed by atoms with Crippen molar-refractivity contribution in [3.05, 3.63) is 40.1 Å². The number of piperidine rings is 1. The van der Waals surface area contributed by atoms with Gasteiger partial charge in [-0.15, -0.1) is 0 Å². The minimum atomic E-state index is -0.639. The van der Waals surface area contributed by atoms with Gasteiger partial charge in [0, 0.05) is 28.8 Å². The molecule has 1 saturated carbocycles. The van der Waals surface area contributed by atoms with Crippen LogP contribution in [-0.4, -0.2) is 16.7 Å². The van der Waals surface area contributed by atoms with Crippen LogP contribution in [0.4, 0.5) is 0 Å². The van der Waals surface area contributed by atoms with Crippen molar-refractivity contribution in [1.82, 2.24) is 5.32 Å². The summed E-state index contributed by atoms with van der Waals surface area (Å²) in [5.74, 6) is 0.595. The molecule has 1 aromatic rings. The van der Waals surface area contributed by atoms with Gasteiger partial charge in [0.15, 0.2) is 5.72 Å². The van der Waals surface area contributed by atoms with Crippen LogP contribution in [0, 0.1) is 5.92 Å². The van der Waals surface area contributed by atoms with E-state index in [9.17, 15) is 9.90 Å². The van der Waals surface area contributed by atoms with E-state index in [0.29, 0.717) is 10.6 Å². The molecule has 0 spiro atoms. The first kappa shape index (κ1) is 13.9. The monoisotopic (exact) mass is 319 g/mol.